The van der Waals surface area contributed by atoms with Crippen LogP contribution in [0, 0.1) is 11.3 Å². The van der Waals surface area contributed by atoms with Gasteiger partial charge in [-0.15, -0.1) is 0 Å². The van der Waals surface area contributed by atoms with Crippen LogP contribution in [0.25, 0.3) is 0 Å². The molecule has 12 heavy (non-hydrogen) atoms. The molecule has 0 saturated carbocycles. The maximum absolute atomic E-state index is 2.35. The fourth-order valence-corrected chi connectivity index (χ4v) is 2.77. The van der Waals surface area contributed by atoms with Crippen LogP contribution in [-0.2, 0) is 0 Å². The van der Waals surface area contributed by atoms with Crippen molar-refractivity contribution in [3.63, 3.8) is 0 Å². The van der Waals surface area contributed by atoms with Crippen LogP contribution >= 0.6 is 0 Å². The second-order valence-electron chi connectivity index (χ2n) is 3.94. The summed E-state index contributed by atoms with van der Waals surface area (Å²) in [7, 11) is 0. The average Bonchev–Trinajstić information content (AvgIpc) is 2.14. The minimum Gasteiger partial charge on any atom is -0.0651 e. The third-order valence-electron chi connectivity index (χ3n) is 3.96. The minimum absolute atomic E-state index is 0.642. The SMILES string of the molecule is CCC(CC)C(CC)(CC)CC. The van der Waals surface area contributed by atoms with Crippen LogP contribution in [0.4, 0.5) is 0 Å². The second kappa shape index (κ2) is 5.61. The average molecular weight is 170 g/mol. The van der Waals surface area contributed by atoms with Crippen molar-refractivity contribution in [1.82, 2.24) is 0 Å². The highest BCUT2D eigenvalue weighted by atomic mass is 14.4. The van der Waals surface area contributed by atoms with Gasteiger partial charge in [-0.3, -0.25) is 0 Å². The van der Waals surface area contributed by atoms with Gasteiger partial charge in [0.2, 0.25) is 0 Å². The first-order chi connectivity index (χ1) is 5.70. The van der Waals surface area contributed by atoms with Gasteiger partial charge < -0.3 is 0 Å². The maximum Gasteiger partial charge on any atom is -0.0277 e. The number of rotatable bonds is 6. The largest absolute Gasteiger partial charge is 0.0651 e. The van der Waals surface area contributed by atoms with Gasteiger partial charge in [0.15, 0.2) is 0 Å². The molecule has 0 spiro atoms. The lowest BCUT2D eigenvalue weighted by Gasteiger charge is -2.38. The van der Waals surface area contributed by atoms with E-state index in [1.165, 1.54) is 32.1 Å². The molecule has 0 aliphatic heterocycles. The third kappa shape index (κ3) is 2.24. The van der Waals surface area contributed by atoms with Gasteiger partial charge in [0, 0.05) is 0 Å². The Labute approximate surface area is 78.8 Å². The van der Waals surface area contributed by atoms with Gasteiger partial charge in [-0.05, 0) is 11.3 Å². The van der Waals surface area contributed by atoms with Crippen LogP contribution in [-0.4, -0.2) is 0 Å². The van der Waals surface area contributed by atoms with E-state index in [4.69, 9.17) is 0 Å². The van der Waals surface area contributed by atoms with E-state index in [0.29, 0.717) is 5.41 Å². The Kier molecular flexibility index (Phi) is 5.61. The lowest BCUT2D eigenvalue weighted by Crippen LogP contribution is -2.27. The molecule has 0 aromatic rings. The van der Waals surface area contributed by atoms with Gasteiger partial charge in [0.05, 0.1) is 0 Å². The van der Waals surface area contributed by atoms with Crippen LogP contribution in [0.15, 0.2) is 0 Å². The molecule has 0 aliphatic carbocycles. The first kappa shape index (κ1) is 12.0. The number of hydrogen-bond acceptors (Lipinski definition) is 0. The lowest BCUT2D eigenvalue weighted by molar-refractivity contribution is 0.126. The van der Waals surface area contributed by atoms with Crippen molar-refractivity contribution in [3.05, 3.63) is 0 Å². The highest BCUT2D eigenvalue weighted by Crippen LogP contribution is 2.41. The van der Waals surface area contributed by atoms with Crippen molar-refractivity contribution in [2.45, 2.75) is 66.7 Å². The Bertz CT molecular complexity index is 88.3. The van der Waals surface area contributed by atoms with E-state index < -0.39 is 0 Å². The topological polar surface area (TPSA) is 0 Å². The van der Waals surface area contributed by atoms with Crippen molar-refractivity contribution in [2.75, 3.05) is 0 Å². The van der Waals surface area contributed by atoms with E-state index in [0.717, 1.165) is 5.92 Å². The van der Waals surface area contributed by atoms with Gasteiger partial charge in [-0.25, -0.2) is 0 Å². The third-order valence-corrected chi connectivity index (χ3v) is 3.96. The molecule has 0 atom stereocenters. The minimum atomic E-state index is 0.642. The zero-order valence-corrected chi connectivity index (χ0v) is 9.61. The molecule has 0 N–H and O–H groups in total. The van der Waals surface area contributed by atoms with Crippen molar-refractivity contribution >= 4 is 0 Å². The Morgan fingerprint density at radius 2 is 1.08 bits per heavy atom. The van der Waals surface area contributed by atoms with Crippen molar-refractivity contribution in [3.8, 4) is 0 Å². The highest BCUT2D eigenvalue weighted by Gasteiger charge is 2.30. The Morgan fingerprint density at radius 3 is 1.17 bits per heavy atom. The Morgan fingerprint density at radius 1 is 0.750 bits per heavy atom. The first-order valence-electron chi connectivity index (χ1n) is 5.70. The maximum atomic E-state index is 2.35. The molecule has 0 aromatic carbocycles. The zero-order valence-electron chi connectivity index (χ0n) is 9.61. The van der Waals surface area contributed by atoms with E-state index in [1.807, 2.05) is 0 Å². The van der Waals surface area contributed by atoms with Gasteiger partial charge >= 0.3 is 0 Å². The van der Waals surface area contributed by atoms with Gasteiger partial charge in [-0.2, -0.15) is 0 Å². The van der Waals surface area contributed by atoms with E-state index in [1.54, 1.807) is 0 Å². The molecule has 0 aromatic heterocycles. The van der Waals surface area contributed by atoms with Crippen molar-refractivity contribution in [1.29, 1.82) is 0 Å². The summed E-state index contributed by atoms with van der Waals surface area (Å²) in [6.07, 6.45) is 6.77. The predicted octanol–water partition coefficient (Wildman–Crippen LogP) is 4.64. The predicted molar refractivity (Wildman–Crippen MR) is 57.4 cm³/mol. The molecule has 0 radical (unpaired) electrons. The Hall–Kier alpha value is 0. The standard InChI is InChI=1S/C12H26/c1-6-11(7-2)12(8-3,9-4)10-5/h11H,6-10H2,1-5H3. The zero-order chi connectivity index (χ0) is 9.61. The van der Waals surface area contributed by atoms with Crippen LogP contribution < -0.4 is 0 Å². The summed E-state index contributed by atoms with van der Waals surface area (Å²) < 4.78 is 0. The summed E-state index contributed by atoms with van der Waals surface area (Å²) in [4.78, 5) is 0. The van der Waals surface area contributed by atoms with Crippen LogP contribution in [0.1, 0.15) is 66.7 Å². The van der Waals surface area contributed by atoms with Crippen LogP contribution in [0.2, 0.25) is 0 Å². The molecular weight excluding hydrogens is 144 g/mol. The van der Waals surface area contributed by atoms with Gasteiger partial charge in [0.25, 0.3) is 0 Å². The molecule has 74 valence electrons. The lowest BCUT2D eigenvalue weighted by atomic mass is 9.67. The fraction of sp³-hybridized carbons (Fsp3) is 1.00. The van der Waals surface area contributed by atoms with Crippen molar-refractivity contribution < 1.29 is 0 Å². The molecule has 0 bridgehead atoms. The summed E-state index contributed by atoms with van der Waals surface area (Å²) in [5, 5.41) is 0. The smallest absolute Gasteiger partial charge is 0.0277 e. The normalized spacial score (nSPS) is 12.5. The summed E-state index contributed by atoms with van der Waals surface area (Å²) in [5.74, 6) is 0.942. The quantitative estimate of drug-likeness (QED) is 0.545. The molecule has 0 heterocycles. The van der Waals surface area contributed by atoms with E-state index >= 15 is 0 Å². The number of hydrogen-bond donors (Lipinski definition) is 0. The molecule has 0 heteroatoms. The molecule has 0 amide bonds. The monoisotopic (exact) mass is 170 g/mol. The molecule has 0 saturated heterocycles. The van der Waals surface area contributed by atoms with Crippen molar-refractivity contribution in [2.24, 2.45) is 11.3 Å². The van der Waals surface area contributed by atoms with Gasteiger partial charge in [0.1, 0.15) is 0 Å². The summed E-state index contributed by atoms with van der Waals surface area (Å²) in [6.45, 7) is 11.7. The van der Waals surface area contributed by atoms with E-state index in [-0.39, 0.29) is 0 Å². The van der Waals surface area contributed by atoms with E-state index in [2.05, 4.69) is 34.6 Å². The highest BCUT2D eigenvalue weighted by molar-refractivity contribution is 4.81. The molecule has 0 nitrogen and oxygen atoms in total. The molecule has 0 aliphatic rings. The summed E-state index contributed by atoms with van der Waals surface area (Å²) >= 11 is 0. The van der Waals surface area contributed by atoms with Gasteiger partial charge in [-0.1, -0.05) is 66.7 Å². The van der Waals surface area contributed by atoms with Crippen LogP contribution in [0.5, 0.6) is 0 Å². The molecule has 0 unspecified atom stereocenters. The fourth-order valence-electron chi connectivity index (χ4n) is 2.77. The second-order valence-corrected chi connectivity index (χ2v) is 3.94. The first-order valence-corrected chi connectivity index (χ1v) is 5.70. The summed E-state index contributed by atoms with van der Waals surface area (Å²) in [6, 6.07) is 0. The summed E-state index contributed by atoms with van der Waals surface area (Å²) in [5.41, 5.74) is 0.642. The van der Waals surface area contributed by atoms with E-state index in [9.17, 15) is 0 Å². The van der Waals surface area contributed by atoms with Crippen LogP contribution in [0.3, 0.4) is 0 Å². The molecule has 0 rings (SSSR count). The Balaban J connectivity index is 4.42. The molecular formula is C12H26. The molecule has 0 fully saturated rings.